The third-order valence-corrected chi connectivity index (χ3v) is 4.15. The smallest absolute Gasteiger partial charge is 0.246 e. The first-order valence-corrected chi connectivity index (χ1v) is 8.05. The molecule has 0 aliphatic heterocycles. The fourth-order valence-electron chi connectivity index (χ4n) is 2.84. The van der Waals surface area contributed by atoms with Crippen LogP contribution in [0.25, 0.3) is 21.9 Å². The van der Waals surface area contributed by atoms with Crippen LogP contribution < -0.4 is 5.32 Å². The van der Waals surface area contributed by atoms with Crippen molar-refractivity contribution in [3.8, 4) is 17.2 Å². The Bertz CT molecular complexity index is 1010. The Morgan fingerprint density at radius 1 is 1.08 bits per heavy atom. The Labute approximate surface area is 147 Å². The van der Waals surface area contributed by atoms with Crippen molar-refractivity contribution >= 4 is 16.7 Å². The van der Waals surface area contributed by atoms with Crippen molar-refractivity contribution in [2.45, 2.75) is 13.5 Å². The quantitative estimate of drug-likeness (QED) is 0.714. The van der Waals surface area contributed by atoms with Gasteiger partial charge in [-0.1, -0.05) is 55.1 Å². The molecule has 0 spiro atoms. The summed E-state index contributed by atoms with van der Waals surface area (Å²) < 4.78 is 0. The number of hydrogen-bond donors (Lipinski definition) is 1. The number of carbonyl (C=O) groups excluding carboxylic acids is 1. The van der Waals surface area contributed by atoms with Crippen molar-refractivity contribution in [1.29, 1.82) is 5.26 Å². The number of nitrogens with one attached hydrogen (secondary N) is 1. The van der Waals surface area contributed by atoms with E-state index in [-0.39, 0.29) is 5.91 Å². The minimum atomic E-state index is -0.173. The molecule has 1 amide bonds. The second-order valence-electron chi connectivity index (χ2n) is 5.97. The molecular weight excluding hydrogens is 308 g/mol. The van der Waals surface area contributed by atoms with Gasteiger partial charge in [0, 0.05) is 12.1 Å². The summed E-state index contributed by atoms with van der Waals surface area (Å²) in [5.41, 5.74) is 4.04. The maximum Gasteiger partial charge on any atom is 0.246 e. The van der Waals surface area contributed by atoms with Crippen LogP contribution in [0.15, 0.2) is 72.8 Å². The summed E-state index contributed by atoms with van der Waals surface area (Å²) in [4.78, 5) is 11.8. The van der Waals surface area contributed by atoms with Crippen molar-refractivity contribution in [3.63, 3.8) is 0 Å². The Morgan fingerprint density at radius 3 is 2.60 bits per heavy atom. The zero-order valence-corrected chi connectivity index (χ0v) is 14.0. The highest BCUT2D eigenvalue weighted by atomic mass is 16.1. The monoisotopic (exact) mass is 326 g/mol. The standard InChI is InChI=1S/C22H18N2O/c1-15(2)22(25)24-14-18-11-10-16(13-23)12-21(18)20-9-5-7-17-6-3-4-8-19(17)20/h3-12H,1,14H2,2H3,(H,24,25). The topological polar surface area (TPSA) is 52.9 Å². The van der Waals surface area contributed by atoms with E-state index < -0.39 is 0 Å². The Kier molecular flexibility index (Phi) is 4.63. The van der Waals surface area contributed by atoms with Crippen molar-refractivity contribution in [2.24, 2.45) is 0 Å². The first-order chi connectivity index (χ1) is 12.1. The van der Waals surface area contributed by atoms with Crippen LogP contribution >= 0.6 is 0 Å². The van der Waals surface area contributed by atoms with Crippen molar-refractivity contribution in [2.75, 3.05) is 0 Å². The third kappa shape index (κ3) is 3.44. The first-order valence-electron chi connectivity index (χ1n) is 8.05. The van der Waals surface area contributed by atoms with Gasteiger partial charge in [0.2, 0.25) is 5.91 Å². The molecule has 0 aliphatic rings. The van der Waals surface area contributed by atoms with Gasteiger partial charge >= 0.3 is 0 Å². The van der Waals surface area contributed by atoms with Crippen molar-refractivity contribution < 1.29 is 4.79 Å². The van der Waals surface area contributed by atoms with Gasteiger partial charge < -0.3 is 5.32 Å². The molecule has 0 atom stereocenters. The second-order valence-corrected chi connectivity index (χ2v) is 5.97. The number of hydrogen-bond acceptors (Lipinski definition) is 2. The molecule has 3 heteroatoms. The van der Waals surface area contributed by atoms with E-state index in [2.05, 4.69) is 36.2 Å². The first kappa shape index (κ1) is 16.5. The van der Waals surface area contributed by atoms with Gasteiger partial charge in [-0.25, -0.2) is 0 Å². The average molecular weight is 326 g/mol. The number of carbonyl (C=O) groups is 1. The lowest BCUT2D eigenvalue weighted by atomic mass is 9.93. The Balaban J connectivity index is 2.11. The molecular formula is C22H18N2O. The highest BCUT2D eigenvalue weighted by Gasteiger charge is 2.11. The summed E-state index contributed by atoms with van der Waals surface area (Å²) in [7, 11) is 0. The number of nitrogens with zero attached hydrogens (tertiary/aromatic N) is 1. The van der Waals surface area contributed by atoms with Crippen molar-refractivity contribution in [3.05, 3.63) is 83.9 Å². The third-order valence-electron chi connectivity index (χ3n) is 4.15. The molecule has 3 nitrogen and oxygen atoms in total. The molecule has 0 bridgehead atoms. The fraction of sp³-hybridized carbons (Fsp3) is 0.0909. The molecule has 0 aliphatic carbocycles. The van der Waals surface area contributed by atoms with E-state index in [1.165, 1.54) is 0 Å². The number of nitriles is 1. The minimum absolute atomic E-state index is 0.173. The molecule has 0 saturated heterocycles. The van der Waals surface area contributed by atoms with Crippen LogP contribution in [0.4, 0.5) is 0 Å². The molecule has 3 aromatic carbocycles. The van der Waals surface area contributed by atoms with Crippen LogP contribution in [-0.4, -0.2) is 5.91 Å². The molecule has 0 heterocycles. The van der Waals surface area contributed by atoms with Gasteiger partial charge in [-0.05, 0) is 46.5 Å². The average Bonchev–Trinajstić information content (AvgIpc) is 2.65. The number of amides is 1. The van der Waals surface area contributed by atoms with Gasteiger partial charge in [-0.3, -0.25) is 4.79 Å². The largest absolute Gasteiger partial charge is 0.348 e. The van der Waals surface area contributed by atoms with E-state index >= 15 is 0 Å². The number of rotatable bonds is 4. The molecule has 0 saturated carbocycles. The molecule has 0 aromatic heterocycles. The molecule has 0 fully saturated rings. The number of fused-ring (bicyclic) bond motifs is 1. The van der Waals surface area contributed by atoms with E-state index in [4.69, 9.17) is 0 Å². The lowest BCUT2D eigenvalue weighted by Gasteiger charge is -2.14. The molecule has 0 radical (unpaired) electrons. The van der Waals surface area contributed by atoms with E-state index in [0.29, 0.717) is 17.7 Å². The van der Waals surface area contributed by atoms with Crippen LogP contribution in [0.1, 0.15) is 18.1 Å². The predicted octanol–water partition coefficient (Wildman–Crippen LogP) is 4.57. The second kappa shape index (κ2) is 7.02. The molecule has 0 unspecified atom stereocenters. The summed E-state index contributed by atoms with van der Waals surface area (Å²) in [6.07, 6.45) is 0. The SMILES string of the molecule is C=C(C)C(=O)NCc1ccc(C#N)cc1-c1cccc2ccccc12. The van der Waals surface area contributed by atoms with Gasteiger partial charge in [0.15, 0.2) is 0 Å². The van der Waals surface area contributed by atoms with Crippen LogP contribution in [-0.2, 0) is 11.3 Å². The highest BCUT2D eigenvalue weighted by Crippen LogP contribution is 2.31. The van der Waals surface area contributed by atoms with Gasteiger partial charge in [0.25, 0.3) is 0 Å². The summed E-state index contributed by atoms with van der Waals surface area (Å²) in [5.74, 6) is -0.173. The fourth-order valence-corrected chi connectivity index (χ4v) is 2.84. The van der Waals surface area contributed by atoms with E-state index in [0.717, 1.165) is 27.5 Å². The lowest BCUT2D eigenvalue weighted by molar-refractivity contribution is -0.117. The minimum Gasteiger partial charge on any atom is -0.348 e. The summed E-state index contributed by atoms with van der Waals surface area (Å²) in [5, 5.41) is 14.4. The zero-order valence-electron chi connectivity index (χ0n) is 14.0. The van der Waals surface area contributed by atoms with Crippen LogP contribution in [0.3, 0.4) is 0 Å². The normalized spacial score (nSPS) is 10.2. The Morgan fingerprint density at radius 2 is 1.84 bits per heavy atom. The molecule has 25 heavy (non-hydrogen) atoms. The van der Waals surface area contributed by atoms with E-state index in [1.54, 1.807) is 13.0 Å². The molecule has 3 rings (SSSR count). The van der Waals surface area contributed by atoms with Gasteiger partial charge in [-0.2, -0.15) is 5.26 Å². The molecule has 122 valence electrons. The maximum atomic E-state index is 11.8. The van der Waals surface area contributed by atoms with Crippen LogP contribution in [0.2, 0.25) is 0 Å². The summed E-state index contributed by atoms with van der Waals surface area (Å²) in [6.45, 7) is 5.73. The summed E-state index contributed by atoms with van der Waals surface area (Å²) >= 11 is 0. The van der Waals surface area contributed by atoms with Crippen LogP contribution in [0.5, 0.6) is 0 Å². The van der Waals surface area contributed by atoms with Gasteiger partial charge in [0.05, 0.1) is 11.6 Å². The lowest BCUT2D eigenvalue weighted by Crippen LogP contribution is -2.23. The van der Waals surface area contributed by atoms with E-state index in [1.807, 2.05) is 36.4 Å². The Hall–Kier alpha value is -3.38. The predicted molar refractivity (Wildman–Crippen MR) is 101 cm³/mol. The van der Waals surface area contributed by atoms with Gasteiger partial charge in [-0.15, -0.1) is 0 Å². The van der Waals surface area contributed by atoms with Crippen molar-refractivity contribution in [1.82, 2.24) is 5.32 Å². The van der Waals surface area contributed by atoms with Gasteiger partial charge in [0.1, 0.15) is 0 Å². The van der Waals surface area contributed by atoms with E-state index in [9.17, 15) is 10.1 Å². The zero-order chi connectivity index (χ0) is 17.8. The maximum absolute atomic E-state index is 11.8. The molecule has 1 N–H and O–H groups in total. The molecule has 3 aromatic rings. The highest BCUT2D eigenvalue weighted by molar-refractivity contribution is 5.97. The van der Waals surface area contributed by atoms with Crippen LogP contribution in [0, 0.1) is 11.3 Å². The summed E-state index contributed by atoms with van der Waals surface area (Å²) in [6, 6.07) is 22.0. The number of benzene rings is 3.